The number of benzene rings is 1. The summed E-state index contributed by atoms with van der Waals surface area (Å²) in [6.07, 6.45) is 11.4. The Morgan fingerprint density at radius 1 is 1.09 bits per heavy atom. The molecule has 2 unspecified atom stereocenters. The maximum Gasteiger partial charge on any atom is 0.0611 e. The van der Waals surface area contributed by atoms with E-state index in [-0.39, 0.29) is 6.61 Å². The summed E-state index contributed by atoms with van der Waals surface area (Å²) >= 11 is 0. The topological polar surface area (TPSA) is 46.2 Å². The van der Waals surface area contributed by atoms with Gasteiger partial charge in [0.1, 0.15) is 0 Å². The third-order valence-electron chi connectivity index (χ3n) is 5.30. The highest BCUT2D eigenvalue weighted by Gasteiger charge is 2.34. The number of unbranched alkanes of at least 4 members (excludes halogenated alkanes) is 5. The molecule has 2 heteroatoms. The molecule has 22 heavy (non-hydrogen) atoms. The largest absolute Gasteiger partial charge is 0.394 e. The molecule has 1 aliphatic rings. The van der Waals surface area contributed by atoms with Crippen LogP contribution in [0.25, 0.3) is 0 Å². The summed E-state index contributed by atoms with van der Waals surface area (Å²) in [6.45, 7) is 4.30. The zero-order valence-corrected chi connectivity index (χ0v) is 14.4. The highest BCUT2D eigenvalue weighted by molar-refractivity contribution is 5.37. The molecule has 124 valence electrons. The molecule has 0 spiro atoms. The predicted octanol–water partition coefficient (Wildman–Crippen LogP) is 4.01. The molecule has 2 nitrogen and oxygen atoms in total. The number of hydrogen-bond acceptors (Lipinski definition) is 2. The molecule has 1 aromatic carbocycles. The monoisotopic (exact) mass is 303 g/mol. The Morgan fingerprint density at radius 3 is 2.50 bits per heavy atom. The lowest BCUT2D eigenvalue weighted by atomic mass is 9.85. The van der Waals surface area contributed by atoms with E-state index in [2.05, 4.69) is 25.1 Å². The second-order valence-corrected chi connectivity index (χ2v) is 7.39. The highest BCUT2D eigenvalue weighted by Crippen LogP contribution is 2.33. The Labute approximate surface area is 136 Å². The molecule has 0 fully saturated rings. The lowest BCUT2D eigenvalue weighted by Gasteiger charge is -2.29. The van der Waals surface area contributed by atoms with Gasteiger partial charge in [-0.15, -0.1) is 0 Å². The summed E-state index contributed by atoms with van der Waals surface area (Å²) in [5.74, 6) is 0.372. The molecular weight excluding hydrogens is 270 g/mol. The number of fused-ring (bicyclic) bond motifs is 1. The van der Waals surface area contributed by atoms with Crippen LogP contribution in [0.3, 0.4) is 0 Å². The summed E-state index contributed by atoms with van der Waals surface area (Å²) in [7, 11) is 0. The zero-order chi connectivity index (χ0) is 16.0. The van der Waals surface area contributed by atoms with Gasteiger partial charge in [-0.3, -0.25) is 0 Å². The number of aliphatic hydroxyl groups is 1. The molecule has 2 atom stereocenters. The Hall–Kier alpha value is -0.860. The maximum absolute atomic E-state index is 9.47. The van der Waals surface area contributed by atoms with Gasteiger partial charge in [0, 0.05) is 5.54 Å². The van der Waals surface area contributed by atoms with Gasteiger partial charge in [0.25, 0.3) is 0 Å². The lowest BCUT2D eigenvalue weighted by molar-refractivity contribution is 0.158. The maximum atomic E-state index is 9.47. The van der Waals surface area contributed by atoms with E-state index in [0.717, 1.165) is 12.8 Å². The molecule has 0 heterocycles. The molecule has 1 aliphatic carbocycles. The van der Waals surface area contributed by atoms with Gasteiger partial charge in [-0.1, -0.05) is 57.2 Å². The second-order valence-electron chi connectivity index (χ2n) is 7.39. The minimum atomic E-state index is -0.460. The first-order chi connectivity index (χ1) is 10.6. The van der Waals surface area contributed by atoms with Crippen molar-refractivity contribution in [3.63, 3.8) is 0 Å². The molecule has 0 aromatic heterocycles. The van der Waals surface area contributed by atoms with Crippen molar-refractivity contribution in [2.24, 2.45) is 11.7 Å². The number of rotatable bonds is 9. The van der Waals surface area contributed by atoms with Gasteiger partial charge in [0.15, 0.2) is 0 Å². The Morgan fingerprint density at radius 2 is 1.77 bits per heavy atom. The zero-order valence-electron chi connectivity index (χ0n) is 14.4. The van der Waals surface area contributed by atoms with Crippen LogP contribution in [0.15, 0.2) is 18.2 Å². The molecular formula is C20H33NO. The van der Waals surface area contributed by atoms with Crippen LogP contribution < -0.4 is 5.73 Å². The SMILES string of the molecule is CCCCCCCCc1ccc2c(c1)CC(C(C)(N)CO)C2. The number of nitrogens with two attached hydrogens (primary N) is 1. The van der Waals surface area contributed by atoms with Crippen molar-refractivity contribution in [2.75, 3.05) is 6.61 Å². The quantitative estimate of drug-likeness (QED) is 0.677. The number of aryl methyl sites for hydroxylation is 1. The summed E-state index contributed by atoms with van der Waals surface area (Å²) in [4.78, 5) is 0. The van der Waals surface area contributed by atoms with Crippen LogP contribution in [0.5, 0.6) is 0 Å². The first-order valence-corrected chi connectivity index (χ1v) is 9.07. The summed E-state index contributed by atoms with van der Waals surface area (Å²) in [5, 5.41) is 9.47. The Kier molecular flexibility index (Phi) is 6.46. The van der Waals surface area contributed by atoms with Crippen LogP contribution in [0, 0.1) is 5.92 Å². The van der Waals surface area contributed by atoms with E-state index < -0.39 is 5.54 Å². The summed E-state index contributed by atoms with van der Waals surface area (Å²) in [6, 6.07) is 6.96. The Balaban J connectivity index is 1.83. The van der Waals surface area contributed by atoms with Crippen molar-refractivity contribution in [1.29, 1.82) is 0 Å². The molecule has 0 radical (unpaired) electrons. The van der Waals surface area contributed by atoms with Gasteiger partial charge in [0.05, 0.1) is 6.61 Å². The molecule has 0 aliphatic heterocycles. The highest BCUT2D eigenvalue weighted by atomic mass is 16.3. The van der Waals surface area contributed by atoms with Crippen LogP contribution in [-0.2, 0) is 19.3 Å². The van der Waals surface area contributed by atoms with Crippen molar-refractivity contribution in [2.45, 2.75) is 77.2 Å². The minimum Gasteiger partial charge on any atom is -0.394 e. The van der Waals surface area contributed by atoms with Crippen LogP contribution in [0.1, 0.15) is 69.1 Å². The number of hydrogen-bond donors (Lipinski definition) is 2. The van der Waals surface area contributed by atoms with Crippen LogP contribution in [0.4, 0.5) is 0 Å². The molecule has 2 rings (SSSR count). The molecule has 1 aromatic rings. The van der Waals surface area contributed by atoms with Gasteiger partial charge in [-0.25, -0.2) is 0 Å². The van der Waals surface area contributed by atoms with E-state index in [0.29, 0.717) is 5.92 Å². The molecule has 3 N–H and O–H groups in total. The first-order valence-electron chi connectivity index (χ1n) is 9.07. The fraction of sp³-hybridized carbons (Fsp3) is 0.700. The molecule has 0 saturated heterocycles. The van der Waals surface area contributed by atoms with Crippen LogP contribution >= 0.6 is 0 Å². The van der Waals surface area contributed by atoms with Crippen LogP contribution in [-0.4, -0.2) is 17.3 Å². The second kappa shape index (κ2) is 8.12. The molecule has 0 saturated carbocycles. The van der Waals surface area contributed by atoms with Gasteiger partial charge in [-0.05, 0) is 55.2 Å². The van der Waals surface area contributed by atoms with Crippen molar-refractivity contribution in [3.8, 4) is 0 Å². The van der Waals surface area contributed by atoms with E-state index in [1.165, 1.54) is 61.6 Å². The standard InChI is InChI=1S/C20H33NO/c1-3-4-5-6-7-8-9-16-10-11-17-13-19(14-18(17)12-16)20(2,21)15-22/h10-12,19,22H,3-9,13-15,21H2,1-2H3. The Bertz CT molecular complexity index is 467. The van der Waals surface area contributed by atoms with Gasteiger partial charge in [0.2, 0.25) is 0 Å². The van der Waals surface area contributed by atoms with Gasteiger partial charge < -0.3 is 10.8 Å². The first kappa shape index (κ1) is 17.5. The fourth-order valence-electron chi connectivity index (χ4n) is 3.53. The minimum absolute atomic E-state index is 0.0657. The normalized spacial score (nSPS) is 19.9. The van der Waals surface area contributed by atoms with E-state index in [1.54, 1.807) is 0 Å². The average molecular weight is 303 g/mol. The van der Waals surface area contributed by atoms with E-state index in [4.69, 9.17) is 5.73 Å². The van der Waals surface area contributed by atoms with Crippen molar-refractivity contribution in [3.05, 3.63) is 34.9 Å². The van der Waals surface area contributed by atoms with Crippen molar-refractivity contribution in [1.82, 2.24) is 0 Å². The van der Waals surface area contributed by atoms with E-state index in [1.807, 2.05) is 6.92 Å². The lowest BCUT2D eigenvalue weighted by Crippen LogP contribution is -2.48. The smallest absolute Gasteiger partial charge is 0.0611 e. The number of aliphatic hydroxyl groups excluding tert-OH is 1. The average Bonchev–Trinajstić information content (AvgIpc) is 2.95. The summed E-state index contributed by atoms with van der Waals surface area (Å²) < 4.78 is 0. The van der Waals surface area contributed by atoms with Crippen molar-refractivity contribution >= 4 is 0 Å². The van der Waals surface area contributed by atoms with Gasteiger partial charge in [-0.2, -0.15) is 0 Å². The van der Waals surface area contributed by atoms with E-state index in [9.17, 15) is 5.11 Å². The third-order valence-corrected chi connectivity index (χ3v) is 5.30. The predicted molar refractivity (Wildman–Crippen MR) is 94.1 cm³/mol. The summed E-state index contributed by atoms with van der Waals surface area (Å²) in [5.41, 5.74) is 10.1. The van der Waals surface area contributed by atoms with Crippen LogP contribution in [0.2, 0.25) is 0 Å². The van der Waals surface area contributed by atoms with E-state index >= 15 is 0 Å². The fourth-order valence-corrected chi connectivity index (χ4v) is 3.53. The third kappa shape index (κ3) is 4.57. The molecule has 0 amide bonds. The van der Waals surface area contributed by atoms with Crippen molar-refractivity contribution < 1.29 is 5.11 Å². The molecule has 0 bridgehead atoms. The van der Waals surface area contributed by atoms with Gasteiger partial charge >= 0.3 is 0 Å².